The van der Waals surface area contributed by atoms with Crippen molar-refractivity contribution in [3.05, 3.63) is 109 Å². The molecule has 168 valence electrons. The summed E-state index contributed by atoms with van der Waals surface area (Å²) < 4.78 is 10.7. The summed E-state index contributed by atoms with van der Waals surface area (Å²) in [6, 6.07) is 27.8. The van der Waals surface area contributed by atoms with Crippen molar-refractivity contribution >= 4 is 43.6 Å². The molecule has 2 aliphatic rings. The van der Waals surface area contributed by atoms with Gasteiger partial charge in [0.1, 0.15) is 11.9 Å². The Morgan fingerprint density at radius 2 is 1.46 bits per heavy atom. The smallest absolute Gasteiger partial charge is 0.130 e. The molecule has 2 N–H and O–H groups in total. The lowest BCUT2D eigenvalue weighted by Gasteiger charge is -2.27. The fourth-order valence-corrected chi connectivity index (χ4v) is 6.34. The molecule has 0 spiro atoms. The van der Waals surface area contributed by atoms with Crippen LogP contribution in [0.25, 0.3) is 49.3 Å². The standard InChI is InChI=1S/C31H23N3O/c1-31-18-8-7-13-26(31)35-25-17-16-22-23-15-14-21-20-11-5-6-12-24(20)34(32)30(21)29(23)33(28(22)27(25)31)19-9-3-2-4-10-19/h2-18,26H,32H2,1H3/t26?,31-/m0/s1. The van der Waals surface area contributed by atoms with Crippen molar-refractivity contribution in [1.29, 1.82) is 0 Å². The van der Waals surface area contributed by atoms with Gasteiger partial charge < -0.3 is 15.1 Å². The van der Waals surface area contributed by atoms with E-state index in [0.29, 0.717) is 0 Å². The molecule has 0 radical (unpaired) electrons. The molecule has 0 fully saturated rings. The van der Waals surface area contributed by atoms with Gasteiger partial charge in [-0.05, 0) is 43.3 Å². The molecular weight excluding hydrogens is 430 g/mol. The highest BCUT2D eigenvalue weighted by atomic mass is 16.5. The maximum atomic E-state index is 6.81. The number of allylic oxidation sites excluding steroid dienone is 2. The third-order valence-electron chi connectivity index (χ3n) is 7.96. The summed E-state index contributed by atoms with van der Waals surface area (Å²) in [6.45, 7) is 2.28. The second-order valence-corrected chi connectivity index (χ2v) is 9.82. The van der Waals surface area contributed by atoms with E-state index in [4.69, 9.17) is 10.6 Å². The van der Waals surface area contributed by atoms with Gasteiger partial charge in [-0.1, -0.05) is 66.8 Å². The molecule has 0 saturated carbocycles. The lowest BCUT2D eigenvalue weighted by atomic mass is 9.76. The molecule has 6 aromatic rings. The predicted molar refractivity (Wildman–Crippen MR) is 144 cm³/mol. The predicted octanol–water partition coefficient (Wildman–Crippen LogP) is 6.75. The molecule has 0 amide bonds. The van der Waals surface area contributed by atoms with Gasteiger partial charge in [0.15, 0.2) is 0 Å². The van der Waals surface area contributed by atoms with Crippen molar-refractivity contribution in [2.45, 2.75) is 18.4 Å². The van der Waals surface area contributed by atoms with E-state index in [1.165, 1.54) is 21.9 Å². The van der Waals surface area contributed by atoms with E-state index in [1.54, 1.807) is 0 Å². The van der Waals surface area contributed by atoms with E-state index in [9.17, 15) is 0 Å². The molecule has 2 atom stereocenters. The summed E-state index contributed by atoms with van der Waals surface area (Å²) in [7, 11) is 0. The number of rotatable bonds is 1. The minimum atomic E-state index is -0.251. The van der Waals surface area contributed by atoms with Crippen molar-refractivity contribution in [1.82, 2.24) is 9.24 Å². The largest absolute Gasteiger partial charge is 0.485 e. The number of hydrogen-bond acceptors (Lipinski definition) is 2. The van der Waals surface area contributed by atoms with Gasteiger partial charge in [-0.25, -0.2) is 0 Å². The molecule has 2 aromatic heterocycles. The molecule has 4 aromatic carbocycles. The van der Waals surface area contributed by atoms with Gasteiger partial charge in [-0.15, -0.1) is 0 Å². The van der Waals surface area contributed by atoms with E-state index < -0.39 is 0 Å². The number of nitrogen functional groups attached to an aromatic ring is 1. The lowest BCUT2D eigenvalue weighted by molar-refractivity contribution is 0.228. The SMILES string of the molecule is C[C@]12C=CC=CC1Oc1ccc3c4ccc5c6ccccc6n(N)c5c4n(-c4ccccc4)c3c12. The Morgan fingerprint density at radius 1 is 0.743 bits per heavy atom. The zero-order valence-electron chi connectivity index (χ0n) is 19.3. The summed E-state index contributed by atoms with van der Waals surface area (Å²) >= 11 is 0. The lowest BCUT2D eigenvalue weighted by Crippen LogP contribution is -2.33. The quantitative estimate of drug-likeness (QED) is 0.280. The maximum absolute atomic E-state index is 6.81. The number of nitrogens with zero attached hydrogens (tertiary/aromatic N) is 2. The number of nitrogens with two attached hydrogens (primary N) is 1. The zero-order valence-corrected chi connectivity index (χ0v) is 19.3. The van der Waals surface area contributed by atoms with Crippen molar-refractivity contribution in [2.24, 2.45) is 0 Å². The van der Waals surface area contributed by atoms with Crippen molar-refractivity contribution in [3.63, 3.8) is 0 Å². The van der Waals surface area contributed by atoms with Gasteiger partial charge >= 0.3 is 0 Å². The molecule has 1 unspecified atom stereocenters. The van der Waals surface area contributed by atoms with Crippen molar-refractivity contribution in [3.8, 4) is 11.4 Å². The fraction of sp³-hybridized carbons (Fsp3) is 0.0968. The first-order chi connectivity index (χ1) is 17.2. The van der Waals surface area contributed by atoms with Gasteiger partial charge in [-0.3, -0.25) is 4.68 Å². The van der Waals surface area contributed by atoms with Gasteiger partial charge in [0, 0.05) is 32.8 Å². The second kappa shape index (κ2) is 6.36. The molecule has 35 heavy (non-hydrogen) atoms. The monoisotopic (exact) mass is 453 g/mol. The molecule has 8 rings (SSSR count). The third-order valence-corrected chi connectivity index (χ3v) is 7.96. The first-order valence-corrected chi connectivity index (χ1v) is 12.0. The van der Waals surface area contributed by atoms with Crippen LogP contribution < -0.4 is 10.6 Å². The van der Waals surface area contributed by atoms with Crippen LogP contribution in [0, 0.1) is 0 Å². The summed E-state index contributed by atoms with van der Waals surface area (Å²) in [4.78, 5) is 0. The Hall–Kier alpha value is -4.44. The van der Waals surface area contributed by atoms with Crippen LogP contribution >= 0.6 is 0 Å². The Kier molecular flexibility index (Phi) is 3.44. The summed E-state index contributed by atoms with van der Waals surface area (Å²) in [5.74, 6) is 7.76. The van der Waals surface area contributed by atoms with Crippen LogP contribution in [-0.4, -0.2) is 15.3 Å². The average molecular weight is 454 g/mol. The Balaban J connectivity index is 1.65. The van der Waals surface area contributed by atoms with E-state index in [0.717, 1.165) is 38.8 Å². The molecule has 1 aliphatic heterocycles. The summed E-state index contributed by atoms with van der Waals surface area (Å²) in [5.41, 5.74) is 6.47. The first kappa shape index (κ1) is 18.9. The molecular formula is C31H23N3O. The minimum absolute atomic E-state index is 0.0173. The van der Waals surface area contributed by atoms with Gasteiger partial charge in [0.25, 0.3) is 0 Å². The molecule has 4 heteroatoms. The highest BCUT2D eigenvalue weighted by Crippen LogP contribution is 2.52. The molecule has 4 nitrogen and oxygen atoms in total. The van der Waals surface area contributed by atoms with Crippen LogP contribution in [-0.2, 0) is 5.41 Å². The number of para-hydroxylation sites is 2. The van der Waals surface area contributed by atoms with Crippen LogP contribution in [0.3, 0.4) is 0 Å². The highest BCUT2D eigenvalue weighted by molar-refractivity contribution is 6.23. The fourth-order valence-electron chi connectivity index (χ4n) is 6.34. The van der Waals surface area contributed by atoms with Gasteiger partial charge in [0.2, 0.25) is 0 Å². The van der Waals surface area contributed by atoms with E-state index in [-0.39, 0.29) is 11.5 Å². The number of aromatic nitrogens is 2. The zero-order chi connectivity index (χ0) is 23.3. The first-order valence-electron chi connectivity index (χ1n) is 12.0. The van der Waals surface area contributed by atoms with E-state index >= 15 is 0 Å². The van der Waals surface area contributed by atoms with E-state index in [1.807, 2.05) is 10.7 Å². The Morgan fingerprint density at radius 3 is 2.31 bits per heavy atom. The molecule has 3 heterocycles. The average Bonchev–Trinajstić information content (AvgIpc) is 3.49. The second-order valence-electron chi connectivity index (χ2n) is 9.82. The van der Waals surface area contributed by atoms with Crippen LogP contribution in [0.2, 0.25) is 0 Å². The van der Waals surface area contributed by atoms with Gasteiger partial charge in [-0.2, -0.15) is 0 Å². The molecule has 0 saturated heterocycles. The summed E-state index contributed by atoms with van der Waals surface area (Å²) in [5, 5.41) is 4.73. The molecule has 1 aliphatic carbocycles. The van der Waals surface area contributed by atoms with Crippen molar-refractivity contribution < 1.29 is 4.74 Å². The minimum Gasteiger partial charge on any atom is -0.485 e. The number of fused-ring (bicyclic) bond motifs is 11. The van der Waals surface area contributed by atoms with Crippen molar-refractivity contribution in [2.75, 3.05) is 5.84 Å². The van der Waals surface area contributed by atoms with Crippen LogP contribution in [0.5, 0.6) is 5.75 Å². The Bertz CT molecular complexity index is 1900. The van der Waals surface area contributed by atoms with Crippen LogP contribution in [0.1, 0.15) is 12.5 Å². The summed E-state index contributed by atoms with van der Waals surface area (Å²) in [6.07, 6.45) is 8.65. The third kappa shape index (κ3) is 2.22. The molecule has 0 bridgehead atoms. The highest BCUT2D eigenvalue weighted by Gasteiger charge is 2.45. The van der Waals surface area contributed by atoms with Crippen LogP contribution in [0.4, 0.5) is 0 Å². The van der Waals surface area contributed by atoms with E-state index in [2.05, 4.69) is 109 Å². The number of benzene rings is 4. The number of ether oxygens (including phenoxy) is 1. The number of hydrogen-bond donors (Lipinski definition) is 1. The van der Waals surface area contributed by atoms with Gasteiger partial charge in [0.05, 0.1) is 27.5 Å². The topological polar surface area (TPSA) is 45.1 Å². The van der Waals surface area contributed by atoms with Crippen LogP contribution in [0.15, 0.2) is 103 Å². The normalized spacial score (nSPS) is 20.7. The Labute approximate surface area is 202 Å². The maximum Gasteiger partial charge on any atom is 0.130 e.